The van der Waals surface area contributed by atoms with Gasteiger partial charge in [-0.2, -0.15) is 0 Å². The monoisotopic (exact) mass is 956 g/mol. The van der Waals surface area contributed by atoms with Crippen LogP contribution in [0.25, 0.3) is 0 Å². The highest BCUT2D eigenvalue weighted by molar-refractivity contribution is 7.99. The zero-order valence-electron chi connectivity index (χ0n) is 36.3. The van der Waals surface area contributed by atoms with Crippen LogP contribution in [0.15, 0.2) is 68.3 Å². The van der Waals surface area contributed by atoms with Gasteiger partial charge in [0.15, 0.2) is 11.9 Å². The fourth-order valence-corrected chi connectivity index (χ4v) is 7.75. The molecule has 0 radical (unpaired) electrons. The average molecular weight is 957 g/mol. The topological polar surface area (TPSA) is 355 Å². The van der Waals surface area contributed by atoms with Crippen molar-refractivity contribution in [2.75, 3.05) is 72.0 Å². The molecule has 0 heterocycles. The Kier molecular flexibility index (Phi) is 23.8. The lowest BCUT2D eigenvalue weighted by Gasteiger charge is -2.19. The summed E-state index contributed by atoms with van der Waals surface area (Å²) in [4.78, 5) is 86.0. The van der Waals surface area contributed by atoms with Crippen molar-refractivity contribution in [2.45, 2.75) is 61.7 Å². The summed E-state index contributed by atoms with van der Waals surface area (Å²) in [5.74, 6) is -2.48. The third-order valence-corrected chi connectivity index (χ3v) is 11.2. The van der Waals surface area contributed by atoms with E-state index in [-0.39, 0.29) is 131 Å². The molecular weight excluding hydrogens is 899 g/mol. The first-order valence-electron chi connectivity index (χ1n) is 20.8. The van der Waals surface area contributed by atoms with Crippen molar-refractivity contribution in [2.24, 2.45) is 44.4 Å². The molecule has 0 unspecified atom stereocenters. The van der Waals surface area contributed by atoms with Crippen molar-refractivity contribution in [1.82, 2.24) is 10.6 Å². The van der Waals surface area contributed by atoms with Crippen LogP contribution >= 0.6 is 23.5 Å². The van der Waals surface area contributed by atoms with Crippen LogP contribution < -0.4 is 66.3 Å². The molecule has 24 heteroatoms. The normalized spacial score (nSPS) is 10.6. The second kappa shape index (κ2) is 29.1. The van der Waals surface area contributed by atoms with Crippen LogP contribution in [-0.4, -0.2) is 98.1 Å². The second-order valence-corrected chi connectivity index (χ2v) is 16.4. The van der Waals surface area contributed by atoms with E-state index < -0.39 is 25.2 Å². The van der Waals surface area contributed by atoms with Gasteiger partial charge in [-0.1, -0.05) is 6.07 Å². The lowest BCUT2D eigenvalue weighted by atomic mass is 10.1. The minimum atomic E-state index is -0.935. The van der Waals surface area contributed by atoms with Crippen molar-refractivity contribution in [3.63, 3.8) is 0 Å². The summed E-state index contributed by atoms with van der Waals surface area (Å²) in [5.41, 5.74) is 33.4. The minimum Gasteiger partial charge on any atom is -0.370 e. The quantitative estimate of drug-likeness (QED) is 0.0215. The molecule has 3 rings (SSSR count). The summed E-state index contributed by atoms with van der Waals surface area (Å²) in [7, 11) is 0. The van der Waals surface area contributed by atoms with Gasteiger partial charge >= 0.3 is 0 Å². The Bertz CT molecular complexity index is 2080. The van der Waals surface area contributed by atoms with E-state index >= 15 is 0 Å². The third kappa shape index (κ3) is 19.3. The maximum absolute atomic E-state index is 14.3. The van der Waals surface area contributed by atoms with Gasteiger partial charge in [0.1, 0.15) is 13.3 Å². The number of carbonyl (C=O) groups excluding carboxylic acids is 6. The van der Waals surface area contributed by atoms with E-state index in [4.69, 9.17) is 34.4 Å². The van der Waals surface area contributed by atoms with Crippen molar-refractivity contribution in [1.29, 1.82) is 0 Å². The number of rotatable bonds is 28. The summed E-state index contributed by atoms with van der Waals surface area (Å²) < 4.78 is 28.5. The predicted octanol–water partition coefficient (Wildman–Crippen LogP) is 2.23. The highest BCUT2D eigenvalue weighted by Crippen LogP contribution is 2.38. The molecule has 0 aliphatic rings. The van der Waals surface area contributed by atoms with Crippen molar-refractivity contribution in [3.05, 3.63) is 70.8 Å². The Balaban J connectivity index is 1.92. The number of guanidine groups is 2. The Morgan fingerprint density at radius 3 is 1.26 bits per heavy atom. The number of hydrogen-bond donors (Lipinski definition) is 12. The summed E-state index contributed by atoms with van der Waals surface area (Å²) in [5, 5.41) is 16.5. The van der Waals surface area contributed by atoms with Gasteiger partial charge in [0.25, 0.3) is 11.8 Å². The first-order valence-corrected chi connectivity index (χ1v) is 22.7. The van der Waals surface area contributed by atoms with Crippen molar-refractivity contribution >= 4 is 93.6 Å². The first kappa shape index (κ1) is 53.8. The first-order chi connectivity index (χ1) is 31.7. The molecule has 18 N–H and O–H groups in total. The molecule has 0 aliphatic heterocycles. The Hall–Kier alpha value is -6.50. The number of aliphatic imine (C=N–C) groups is 2. The maximum Gasteiger partial charge on any atom is 0.255 e. The number of amides is 6. The van der Waals surface area contributed by atoms with Crippen LogP contribution in [0.3, 0.4) is 0 Å². The minimum absolute atomic E-state index is 0.0290. The van der Waals surface area contributed by atoms with Crippen LogP contribution in [0.4, 0.5) is 31.5 Å². The van der Waals surface area contributed by atoms with E-state index in [1.54, 1.807) is 0 Å². The number of nitrogens with two attached hydrogens (primary N) is 6. The number of benzene rings is 3. The van der Waals surface area contributed by atoms with E-state index in [9.17, 15) is 37.5 Å². The number of hydrogen-bond acceptors (Lipinski definition) is 12. The van der Waals surface area contributed by atoms with Crippen LogP contribution in [0, 0.1) is 0 Å². The molecule has 66 heavy (non-hydrogen) atoms. The van der Waals surface area contributed by atoms with E-state index in [1.165, 1.54) is 72.1 Å². The number of thioether (sulfide) groups is 2. The van der Waals surface area contributed by atoms with Gasteiger partial charge in [-0.25, -0.2) is 8.78 Å². The molecule has 6 amide bonds. The van der Waals surface area contributed by atoms with Gasteiger partial charge < -0.3 is 66.3 Å². The molecule has 0 saturated heterocycles. The number of halogens is 2. The molecule has 3 aromatic rings. The fraction of sp³-hybridized carbons (Fsp3) is 0.381. The Labute approximate surface area is 389 Å². The number of alkyl halides is 2. The molecule has 0 bridgehead atoms. The van der Waals surface area contributed by atoms with Gasteiger partial charge in [0.2, 0.25) is 23.6 Å². The molecular formula is C42H58F2N14O6S2. The molecule has 0 aliphatic carbocycles. The van der Waals surface area contributed by atoms with Gasteiger partial charge in [-0.3, -0.25) is 38.8 Å². The predicted molar refractivity (Wildman–Crippen MR) is 257 cm³/mol. The zero-order chi connectivity index (χ0) is 48.4. The van der Waals surface area contributed by atoms with Crippen molar-refractivity contribution < 1.29 is 37.5 Å². The zero-order valence-corrected chi connectivity index (χ0v) is 37.9. The number of anilines is 4. The van der Waals surface area contributed by atoms with Gasteiger partial charge in [-0.15, -0.1) is 23.5 Å². The van der Waals surface area contributed by atoms with Crippen LogP contribution in [-0.2, 0) is 32.5 Å². The lowest BCUT2D eigenvalue weighted by molar-refractivity contribution is -0.120. The highest BCUT2D eigenvalue weighted by atomic mass is 32.2. The number of nitrogens with zero attached hydrogens (tertiary/aromatic N) is 2. The third-order valence-electron chi connectivity index (χ3n) is 8.96. The van der Waals surface area contributed by atoms with E-state index in [0.29, 0.717) is 48.6 Å². The Morgan fingerprint density at radius 2 is 0.909 bits per heavy atom. The van der Waals surface area contributed by atoms with Gasteiger partial charge in [-0.05, 0) is 79.3 Å². The SMILES string of the molecule is NCC(=O)NCCSc1c(NC(=O)CCCCN=C(N)N)cc(CF)cc1NC(=O)c1cccc(C(=O)Nc2cc(CF)cc(NC(=O)CCCCN=C(N)N)c2SCCNC(=O)CN)c1. The average Bonchev–Trinajstić information content (AvgIpc) is 3.29. The van der Waals surface area contributed by atoms with Gasteiger partial charge in [0, 0.05) is 61.7 Å². The summed E-state index contributed by atoms with van der Waals surface area (Å²) >= 11 is 2.37. The summed E-state index contributed by atoms with van der Waals surface area (Å²) in [6.07, 6.45) is 2.14. The molecule has 358 valence electrons. The highest BCUT2D eigenvalue weighted by Gasteiger charge is 2.21. The molecule has 20 nitrogen and oxygen atoms in total. The molecule has 0 spiro atoms. The summed E-state index contributed by atoms with van der Waals surface area (Å²) in [6, 6.07) is 11.4. The lowest BCUT2D eigenvalue weighted by Crippen LogP contribution is -2.31. The molecule has 0 fully saturated rings. The number of unbranched alkanes of at least 4 members (excludes halogenated alkanes) is 2. The van der Waals surface area contributed by atoms with Crippen molar-refractivity contribution in [3.8, 4) is 0 Å². The van der Waals surface area contributed by atoms with Crippen LogP contribution in [0.2, 0.25) is 0 Å². The van der Waals surface area contributed by atoms with Gasteiger partial charge in [0.05, 0.1) is 45.6 Å². The second-order valence-electron chi connectivity index (χ2n) is 14.2. The van der Waals surface area contributed by atoms with Crippen LogP contribution in [0.5, 0.6) is 0 Å². The largest absolute Gasteiger partial charge is 0.370 e. The standard InChI is InChI=1S/C42H58F2N14O6S2/c43-21-25-16-29(55-33(59)8-1-3-10-53-41(47)48)37(65-14-12-51-35(61)23-45)31(18-25)57-39(63)27-6-5-7-28(20-27)40(64)58-32-19-26(22-44)17-30(38(32)66-15-13-52-36(62)24-46)56-34(60)9-2-4-11-54-42(49)50/h5-7,16-20H,1-4,8-15,21-24,45-46H2,(H,51,61)(H,52,62)(H,55,59)(H,56,60)(H,57,63)(H,58,64)(H4,47,48,53)(H4,49,50,54). The molecule has 0 saturated carbocycles. The fourth-order valence-electron chi connectivity index (χ4n) is 5.87. The smallest absolute Gasteiger partial charge is 0.255 e. The molecule has 0 atom stereocenters. The van der Waals surface area contributed by atoms with E-state index in [0.717, 1.165) is 0 Å². The van der Waals surface area contributed by atoms with E-state index in [1.807, 2.05) is 0 Å². The van der Waals surface area contributed by atoms with E-state index in [2.05, 4.69) is 41.9 Å². The Morgan fingerprint density at radius 1 is 0.530 bits per heavy atom. The molecule has 0 aromatic heterocycles. The number of nitrogens with one attached hydrogen (secondary N) is 6. The maximum atomic E-state index is 14.3. The summed E-state index contributed by atoms with van der Waals surface area (Å²) in [6.45, 7) is -1.28. The molecule has 3 aromatic carbocycles. The van der Waals surface area contributed by atoms with Crippen LogP contribution in [0.1, 0.15) is 70.4 Å². The number of carbonyl (C=O) groups is 6.